The molecular weight excluding hydrogens is 421 g/mol. The van der Waals surface area contributed by atoms with Gasteiger partial charge in [-0.2, -0.15) is 0 Å². The van der Waals surface area contributed by atoms with Gasteiger partial charge in [0.05, 0.1) is 21.5 Å². The van der Waals surface area contributed by atoms with Crippen LogP contribution in [0.5, 0.6) is 0 Å². The summed E-state index contributed by atoms with van der Waals surface area (Å²) in [7, 11) is 1.55. The Bertz CT molecular complexity index is 916. The van der Waals surface area contributed by atoms with E-state index in [1.165, 1.54) is 16.2 Å². The van der Waals surface area contributed by atoms with Gasteiger partial charge in [0.2, 0.25) is 11.8 Å². The maximum Gasteiger partial charge on any atom is 0.261 e. The molecule has 9 heteroatoms. The number of rotatable bonds is 5. The number of benzene rings is 1. The van der Waals surface area contributed by atoms with Crippen LogP contribution in [0.25, 0.3) is 10.4 Å². The second-order valence-electron chi connectivity index (χ2n) is 6.33. The third-order valence-corrected chi connectivity index (χ3v) is 6.43. The molecule has 148 valence electrons. The number of hydrogen-bond acceptors (Lipinski definition) is 4. The van der Waals surface area contributed by atoms with Gasteiger partial charge in [-0.15, -0.1) is 11.3 Å². The van der Waals surface area contributed by atoms with Gasteiger partial charge in [0.1, 0.15) is 6.04 Å². The molecule has 3 amide bonds. The van der Waals surface area contributed by atoms with E-state index < -0.39 is 6.04 Å². The maximum absolute atomic E-state index is 12.4. The first-order valence-electron chi connectivity index (χ1n) is 8.75. The number of nitrogens with zero attached hydrogens (tertiary/aromatic N) is 1. The number of amides is 3. The Labute approximate surface area is 176 Å². The third-order valence-electron chi connectivity index (χ3n) is 4.56. The van der Waals surface area contributed by atoms with Gasteiger partial charge in [-0.1, -0.05) is 29.3 Å². The van der Waals surface area contributed by atoms with E-state index in [9.17, 15) is 14.4 Å². The second kappa shape index (κ2) is 8.94. The van der Waals surface area contributed by atoms with Crippen molar-refractivity contribution in [1.82, 2.24) is 15.5 Å². The highest BCUT2D eigenvalue weighted by Crippen LogP contribution is 2.32. The Hall–Kier alpha value is -2.09. The van der Waals surface area contributed by atoms with E-state index in [2.05, 4.69) is 10.6 Å². The van der Waals surface area contributed by atoms with Crippen molar-refractivity contribution in [2.45, 2.75) is 18.9 Å². The fourth-order valence-electron chi connectivity index (χ4n) is 3.11. The standard InChI is InChI=1S/C19H19Cl2N3O3S/c1-22-18(26)14-3-2-8-24(14)17(25)10-23-19(27)16-7-6-15(28-16)11-4-5-12(20)13(21)9-11/h4-7,9,14H,2-3,8,10H2,1H3,(H,22,26)(H,23,27). The summed E-state index contributed by atoms with van der Waals surface area (Å²) < 4.78 is 0. The molecular formula is C19H19Cl2N3O3S. The highest BCUT2D eigenvalue weighted by atomic mass is 35.5. The molecule has 0 saturated carbocycles. The minimum atomic E-state index is -0.461. The highest BCUT2D eigenvalue weighted by molar-refractivity contribution is 7.17. The average Bonchev–Trinajstić information content (AvgIpc) is 3.37. The number of nitrogens with one attached hydrogen (secondary N) is 2. The number of carbonyl (C=O) groups excluding carboxylic acids is 3. The summed E-state index contributed by atoms with van der Waals surface area (Å²) in [4.78, 5) is 39.6. The van der Waals surface area contributed by atoms with Crippen LogP contribution < -0.4 is 10.6 Å². The molecule has 1 unspecified atom stereocenters. The van der Waals surface area contributed by atoms with Crippen LogP contribution in [-0.4, -0.2) is 48.8 Å². The molecule has 0 bridgehead atoms. The Kier molecular flexibility index (Phi) is 6.59. The molecule has 2 heterocycles. The van der Waals surface area contributed by atoms with Crippen LogP contribution in [0.4, 0.5) is 0 Å². The van der Waals surface area contributed by atoms with E-state index in [4.69, 9.17) is 23.2 Å². The first-order chi connectivity index (χ1) is 13.4. The molecule has 0 spiro atoms. The zero-order chi connectivity index (χ0) is 20.3. The van der Waals surface area contributed by atoms with Gasteiger partial charge >= 0.3 is 0 Å². The van der Waals surface area contributed by atoms with Gasteiger partial charge in [-0.3, -0.25) is 14.4 Å². The first kappa shape index (κ1) is 20.6. The molecule has 1 aromatic heterocycles. The molecule has 1 atom stereocenters. The van der Waals surface area contributed by atoms with E-state index >= 15 is 0 Å². The van der Waals surface area contributed by atoms with Gasteiger partial charge < -0.3 is 15.5 Å². The van der Waals surface area contributed by atoms with Crippen molar-refractivity contribution in [1.29, 1.82) is 0 Å². The summed E-state index contributed by atoms with van der Waals surface area (Å²) >= 11 is 13.3. The first-order valence-corrected chi connectivity index (χ1v) is 10.3. The number of thiophene rings is 1. The highest BCUT2D eigenvalue weighted by Gasteiger charge is 2.33. The largest absolute Gasteiger partial charge is 0.357 e. The number of likely N-dealkylation sites (tertiary alicyclic amines) is 1. The van der Waals surface area contributed by atoms with E-state index in [-0.39, 0.29) is 24.3 Å². The fraction of sp³-hybridized carbons (Fsp3) is 0.316. The lowest BCUT2D eigenvalue weighted by molar-refractivity contribution is -0.137. The van der Waals surface area contributed by atoms with Crippen LogP contribution in [0.15, 0.2) is 30.3 Å². The van der Waals surface area contributed by atoms with Crippen LogP contribution in [0.1, 0.15) is 22.5 Å². The van der Waals surface area contributed by atoms with E-state index in [0.29, 0.717) is 27.9 Å². The van der Waals surface area contributed by atoms with Crippen molar-refractivity contribution in [3.8, 4) is 10.4 Å². The summed E-state index contributed by atoms with van der Waals surface area (Å²) in [6, 6.07) is 8.34. The predicted molar refractivity (Wildman–Crippen MR) is 111 cm³/mol. The number of likely N-dealkylation sites (N-methyl/N-ethyl adjacent to an activating group) is 1. The minimum Gasteiger partial charge on any atom is -0.357 e. The van der Waals surface area contributed by atoms with E-state index in [0.717, 1.165) is 16.9 Å². The molecule has 0 radical (unpaired) electrons. The molecule has 1 aliphatic rings. The summed E-state index contributed by atoms with van der Waals surface area (Å²) in [6.07, 6.45) is 1.41. The topological polar surface area (TPSA) is 78.5 Å². The lowest BCUT2D eigenvalue weighted by Crippen LogP contribution is -2.48. The van der Waals surface area contributed by atoms with Gasteiger partial charge in [0, 0.05) is 18.5 Å². The smallest absolute Gasteiger partial charge is 0.261 e. The number of halogens is 2. The van der Waals surface area contributed by atoms with Crippen LogP contribution in [-0.2, 0) is 9.59 Å². The number of carbonyl (C=O) groups is 3. The summed E-state index contributed by atoms with van der Waals surface area (Å²) in [5, 5.41) is 6.12. The van der Waals surface area contributed by atoms with Crippen molar-refractivity contribution in [2.75, 3.05) is 20.1 Å². The lowest BCUT2D eigenvalue weighted by atomic mass is 10.2. The Morgan fingerprint density at radius 2 is 1.96 bits per heavy atom. The molecule has 3 rings (SSSR count). The zero-order valence-electron chi connectivity index (χ0n) is 15.1. The molecule has 1 aromatic carbocycles. The second-order valence-corrected chi connectivity index (χ2v) is 8.23. The third kappa shape index (κ3) is 4.48. The molecule has 1 aliphatic heterocycles. The maximum atomic E-state index is 12.4. The van der Waals surface area contributed by atoms with Crippen LogP contribution in [0.3, 0.4) is 0 Å². The Morgan fingerprint density at radius 3 is 2.68 bits per heavy atom. The van der Waals surface area contributed by atoms with E-state index in [1.807, 2.05) is 12.1 Å². The summed E-state index contributed by atoms with van der Waals surface area (Å²) in [5.74, 6) is -0.775. The molecule has 28 heavy (non-hydrogen) atoms. The molecule has 1 fully saturated rings. The lowest BCUT2D eigenvalue weighted by Gasteiger charge is -2.23. The molecule has 2 aromatic rings. The monoisotopic (exact) mass is 439 g/mol. The minimum absolute atomic E-state index is 0.146. The number of hydrogen-bond donors (Lipinski definition) is 2. The van der Waals surface area contributed by atoms with Crippen LogP contribution >= 0.6 is 34.5 Å². The van der Waals surface area contributed by atoms with Crippen molar-refractivity contribution < 1.29 is 14.4 Å². The molecule has 1 saturated heterocycles. The Morgan fingerprint density at radius 1 is 1.18 bits per heavy atom. The van der Waals surface area contributed by atoms with Crippen molar-refractivity contribution in [2.24, 2.45) is 0 Å². The predicted octanol–water partition coefficient (Wildman–Crippen LogP) is 3.19. The van der Waals surface area contributed by atoms with Gasteiger partial charge in [-0.05, 0) is 42.7 Å². The van der Waals surface area contributed by atoms with Gasteiger partial charge in [0.15, 0.2) is 0 Å². The van der Waals surface area contributed by atoms with Crippen molar-refractivity contribution in [3.05, 3.63) is 45.3 Å². The fourth-order valence-corrected chi connectivity index (χ4v) is 4.33. The Balaban J connectivity index is 1.61. The normalized spacial score (nSPS) is 16.1. The van der Waals surface area contributed by atoms with Gasteiger partial charge in [0.25, 0.3) is 5.91 Å². The van der Waals surface area contributed by atoms with Gasteiger partial charge in [-0.25, -0.2) is 0 Å². The SMILES string of the molecule is CNC(=O)C1CCCN1C(=O)CNC(=O)c1ccc(-c2ccc(Cl)c(Cl)c2)s1. The molecule has 0 aliphatic carbocycles. The quantitative estimate of drug-likeness (QED) is 0.750. The molecule has 2 N–H and O–H groups in total. The van der Waals surface area contributed by atoms with Crippen LogP contribution in [0, 0.1) is 0 Å². The van der Waals surface area contributed by atoms with Crippen molar-refractivity contribution >= 4 is 52.3 Å². The molecule has 6 nitrogen and oxygen atoms in total. The van der Waals surface area contributed by atoms with Crippen molar-refractivity contribution in [3.63, 3.8) is 0 Å². The van der Waals surface area contributed by atoms with Crippen LogP contribution in [0.2, 0.25) is 10.0 Å². The zero-order valence-corrected chi connectivity index (χ0v) is 17.5. The average molecular weight is 440 g/mol. The van der Waals surface area contributed by atoms with E-state index in [1.54, 1.807) is 25.2 Å². The summed E-state index contributed by atoms with van der Waals surface area (Å²) in [6.45, 7) is 0.375. The summed E-state index contributed by atoms with van der Waals surface area (Å²) in [5.41, 5.74) is 0.861.